The highest BCUT2D eigenvalue weighted by Gasteiger charge is 2.32. The summed E-state index contributed by atoms with van der Waals surface area (Å²) in [4.78, 5) is 16.1. The van der Waals surface area contributed by atoms with Gasteiger partial charge in [0.05, 0.1) is 12.1 Å². The van der Waals surface area contributed by atoms with Crippen LogP contribution in [0.1, 0.15) is 24.0 Å². The fraction of sp³-hybridized carbons (Fsp3) is 0.588. The van der Waals surface area contributed by atoms with Crippen molar-refractivity contribution in [2.24, 2.45) is 0 Å². The number of likely N-dealkylation sites (tertiary alicyclic amines) is 1. The van der Waals surface area contributed by atoms with Crippen molar-refractivity contribution in [3.63, 3.8) is 0 Å². The van der Waals surface area contributed by atoms with Crippen molar-refractivity contribution in [1.29, 1.82) is 0 Å². The molecule has 1 unspecified atom stereocenters. The van der Waals surface area contributed by atoms with Gasteiger partial charge in [0, 0.05) is 37.2 Å². The molecule has 4 nitrogen and oxygen atoms in total. The Morgan fingerprint density at radius 1 is 1.23 bits per heavy atom. The van der Waals surface area contributed by atoms with Crippen molar-refractivity contribution in [2.75, 3.05) is 32.7 Å². The maximum Gasteiger partial charge on any atom is 0.416 e. The highest BCUT2D eigenvalue weighted by Crippen LogP contribution is 2.32. The zero-order valence-corrected chi connectivity index (χ0v) is 15.8. The first kappa shape index (κ1) is 21.3. The van der Waals surface area contributed by atoms with Gasteiger partial charge in [0.15, 0.2) is 0 Å². The van der Waals surface area contributed by atoms with Gasteiger partial charge in [-0.05, 0) is 43.1 Å². The molecule has 0 aromatic heterocycles. The highest BCUT2D eigenvalue weighted by molar-refractivity contribution is 6.30. The quantitative estimate of drug-likeness (QED) is 0.829. The minimum atomic E-state index is -4.41. The molecule has 2 aliphatic rings. The number of nitrogens with zero attached hydrogens (tertiary/aromatic N) is 2. The molecule has 3 rings (SSSR count). The Balaban J connectivity index is 0.00000243. The summed E-state index contributed by atoms with van der Waals surface area (Å²) in [5, 5.41) is 3.15. The Labute approximate surface area is 162 Å². The summed E-state index contributed by atoms with van der Waals surface area (Å²) >= 11 is 5.86. The van der Waals surface area contributed by atoms with Gasteiger partial charge in [-0.1, -0.05) is 11.6 Å². The van der Waals surface area contributed by atoms with Gasteiger partial charge in [0.2, 0.25) is 5.91 Å². The molecule has 9 heteroatoms. The average molecular weight is 412 g/mol. The molecule has 1 atom stereocenters. The lowest BCUT2D eigenvalue weighted by Gasteiger charge is -2.41. The number of alkyl halides is 3. The lowest BCUT2D eigenvalue weighted by atomic mass is 10.0. The smallest absolute Gasteiger partial charge is 0.336 e. The molecule has 0 radical (unpaired) electrons. The number of nitrogens with one attached hydrogen (secondary N) is 1. The van der Waals surface area contributed by atoms with Crippen molar-refractivity contribution >= 4 is 29.9 Å². The Bertz CT molecular complexity index is 642. The summed E-state index contributed by atoms with van der Waals surface area (Å²) in [6.07, 6.45) is -2.54. The molecule has 1 N–H and O–H groups in total. The van der Waals surface area contributed by atoms with Crippen LogP contribution in [-0.4, -0.2) is 54.5 Å². The molecule has 0 aliphatic carbocycles. The minimum Gasteiger partial charge on any atom is -0.336 e. The van der Waals surface area contributed by atoms with Gasteiger partial charge in [-0.25, -0.2) is 0 Å². The molecule has 1 aromatic carbocycles. The zero-order valence-electron chi connectivity index (χ0n) is 14.2. The van der Waals surface area contributed by atoms with Gasteiger partial charge >= 0.3 is 6.18 Å². The fourth-order valence-electron chi connectivity index (χ4n) is 3.60. The van der Waals surface area contributed by atoms with E-state index in [1.54, 1.807) is 6.07 Å². The van der Waals surface area contributed by atoms with E-state index in [-0.39, 0.29) is 29.4 Å². The number of benzene rings is 1. The summed E-state index contributed by atoms with van der Waals surface area (Å²) in [6.45, 7) is 3.72. The van der Waals surface area contributed by atoms with Crippen LogP contribution >= 0.6 is 24.0 Å². The summed E-state index contributed by atoms with van der Waals surface area (Å²) in [5.41, 5.74) is -0.173. The number of hydrogen-bond donors (Lipinski definition) is 1. The lowest BCUT2D eigenvalue weighted by molar-refractivity contribution is -0.138. The van der Waals surface area contributed by atoms with Gasteiger partial charge in [-0.2, -0.15) is 13.2 Å². The first-order valence-corrected chi connectivity index (χ1v) is 8.80. The molecule has 26 heavy (non-hydrogen) atoms. The van der Waals surface area contributed by atoms with Crippen LogP contribution in [0, 0.1) is 0 Å². The largest absolute Gasteiger partial charge is 0.416 e. The van der Waals surface area contributed by atoms with Gasteiger partial charge in [-0.15, -0.1) is 12.4 Å². The number of halogens is 5. The first-order valence-electron chi connectivity index (χ1n) is 8.42. The Morgan fingerprint density at radius 3 is 2.69 bits per heavy atom. The molecule has 2 aliphatic heterocycles. The van der Waals surface area contributed by atoms with Crippen molar-refractivity contribution in [2.45, 2.75) is 31.6 Å². The maximum atomic E-state index is 13.0. The number of rotatable bonds is 3. The standard InChI is InChI=1S/C17H21ClF3N3O.ClH/c18-14-7-12(6-13(8-14)17(19,20)21)10-23-4-1-2-15(11-23)24-5-3-22-9-16(24)25;/h6-8,15,22H,1-5,9-11H2;1H. The second-order valence-corrected chi connectivity index (χ2v) is 7.08. The molecule has 0 spiro atoms. The van der Waals surface area contributed by atoms with Crippen LogP contribution in [0.3, 0.4) is 0 Å². The van der Waals surface area contributed by atoms with Crippen LogP contribution in [0.2, 0.25) is 5.02 Å². The van der Waals surface area contributed by atoms with E-state index in [0.717, 1.165) is 38.1 Å². The molecular weight excluding hydrogens is 390 g/mol. The molecule has 2 fully saturated rings. The van der Waals surface area contributed by atoms with Crippen molar-refractivity contribution in [3.05, 3.63) is 34.3 Å². The van der Waals surface area contributed by atoms with Gasteiger partial charge in [0.1, 0.15) is 0 Å². The second-order valence-electron chi connectivity index (χ2n) is 6.64. The van der Waals surface area contributed by atoms with E-state index in [0.29, 0.717) is 31.7 Å². The first-order chi connectivity index (χ1) is 11.8. The minimum absolute atomic E-state index is 0. The number of hydrogen-bond acceptors (Lipinski definition) is 3. The van der Waals surface area contributed by atoms with E-state index in [1.807, 2.05) is 4.90 Å². The monoisotopic (exact) mass is 411 g/mol. The van der Waals surface area contributed by atoms with Crippen LogP contribution < -0.4 is 5.32 Å². The van der Waals surface area contributed by atoms with E-state index in [1.165, 1.54) is 0 Å². The van der Waals surface area contributed by atoms with Crippen LogP contribution in [0.25, 0.3) is 0 Å². The summed E-state index contributed by atoms with van der Waals surface area (Å²) in [5.74, 6) is 0.0974. The van der Waals surface area contributed by atoms with Crippen molar-refractivity contribution in [1.82, 2.24) is 15.1 Å². The maximum absolute atomic E-state index is 13.0. The van der Waals surface area contributed by atoms with Gasteiger partial charge in [-0.3, -0.25) is 9.69 Å². The summed E-state index contributed by atoms with van der Waals surface area (Å²) in [6, 6.07) is 3.82. The lowest BCUT2D eigenvalue weighted by Crippen LogP contribution is -2.56. The third kappa shape index (κ3) is 5.25. The summed E-state index contributed by atoms with van der Waals surface area (Å²) in [7, 11) is 0. The molecule has 1 aromatic rings. The highest BCUT2D eigenvalue weighted by atomic mass is 35.5. The second kappa shape index (κ2) is 8.78. The topological polar surface area (TPSA) is 35.6 Å². The summed E-state index contributed by atoms with van der Waals surface area (Å²) < 4.78 is 38.9. The van der Waals surface area contributed by atoms with Crippen LogP contribution in [0.15, 0.2) is 18.2 Å². The Hall–Kier alpha value is -1.02. The van der Waals surface area contributed by atoms with Crippen LogP contribution in [-0.2, 0) is 17.5 Å². The molecule has 0 saturated carbocycles. The fourth-order valence-corrected chi connectivity index (χ4v) is 3.86. The van der Waals surface area contributed by atoms with E-state index in [2.05, 4.69) is 10.2 Å². The van der Waals surface area contributed by atoms with E-state index >= 15 is 0 Å². The van der Waals surface area contributed by atoms with Gasteiger partial charge in [0.25, 0.3) is 0 Å². The van der Waals surface area contributed by atoms with Crippen molar-refractivity contribution in [3.8, 4) is 0 Å². The zero-order chi connectivity index (χ0) is 18.0. The van der Waals surface area contributed by atoms with Crippen LogP contribution in [0.4, 0.5) is 13.2 Å². The number of amides is 1. The number of carbonyl (C=O) groups is 1. The van der Waals surface area contributed by atoms with E-state index < -0.39 is 11.7 Å². The predicted molar refractivity (Wildman–Crippen MR) is 96.6 cm³/mol. The third-order valence-corrected chi connectivity index (χ3v) is 4.96. The third-order valence-electron chi connectivity index (χ3n) is 4.74. The molecular formula is C17H22Cl2F3N3O. The molecule has 0 bridgehead atoms. The Kier molecular flexibility index (Phi) is 7.19. The number of carbonyl (C=O) groups excluding carboxylic acids is 1. The van der Waals surface area contributed by atoms with Gasteiger partial charge < -0.3 is 10.2 Å². The average Bonchev–Trinajstić information content (AvgIpc) is 2.54. The Morgan fingerprint density at radius 2 is 2.00 bits per heavy atom. The molecule has 2 heterocycles. The molecule has 146 valence electrons. The molecule has 1 amide bonds. The normalized spacial score (nSPS) is 22.2. The van der Waals surface area contributed by atoms with E-state index in [9.17, 15) is 18.0 Å². The van der Waals surface area contributed by atoms with Crippen LogP contribution in [0.5, 0.6) is 0 Å². The van der Waals surface area contributed by atoms with Crippen molar-refractivity contribution < 1.29 is 18.0 Å². The predicted octanol–water partition coefficient (Wildman–Crippen LogP) is 3.18. The number of piperidine rings is 1. The molecule has 2 saturated heterocycles. The number of piperazine rings is 1. The SMILES string of the molecule is Cl.O=C1CNCCN1C1CCCN(Cc2cc(Cl)cc(C(F)(F)F)c2)C1. The van der Waals surface area contributed by atoms with E-state index in [4.69, 9.17) is 11.6 Å².